The first kappa shape index (κ1) is 15.8. The van der Waals surface area contributed by atoms with Crippen molar-refractivity contribution in [3.63, 3.8) is 0 Å². The van der Waals surface area contributed by atoms with Gasteiger partial charge in [-0.05, 0) is 32.0 Å². The van der Waals surface area contributed by atoms with Crippen LogP contribution in [0, 0.1) is 0 Å². The Morgan fingerprint density at radius 2 is 1.95 bits per heavy atom. The van der Waals surface area contributed by atoms with Gasteiger partial charge in [0.05, 0.1) is 5.69 Å². The van der Waals surface area contributed by atoms with Crippen molar-refractivity contribution in [1.82, 2.24) is 10.2 Å². The fourth-order valence-electron chi connectivity index (χ4n) is 1.77. The summed E-state index contributed by atoms with van der Waals surface area (Å²) in [4.78, 5) is 24.9. The monoisotopic (exact) mass is 279 g/mol. The number of carbonyl (C=O) groups is 2. The van der Waals surface area contributed by atoms with Gasteiger partial charge in [0.2, 0.25) is 0 Å². The van der Waals surface area contributed by atoms with Crippen LogP contribution in [0.15, 0.2) is 18.2 Å². The van der Waals surface area contributed by atoms with E-state index in [0.717, 1.165) is 0 Å². The maximum absolute atomic E-state index is 11.8. The van der Waals surface area contributed by atoms with Crippen molar-refractivity contribution in [2.24, 2.45) is 0 Å². The number of carbonyl (C=O) groups excluding carboxylic acids is 2. The zero-order chi connectivity index (χ0) is 15.1. The van der Waals surface area contributed by atoms with E-state index in [-0.39, 0.29) is 18.4 Å². The topological polar surface area (TPSA) is 84.7 Å². The normalized spacial score (nSPS) is 9.95. The third-order valence-electron chi connectivity index (χ3n) is 2.97. The minimum Gasteiger partial charge on any atom is -0.482 e. The maximum atomic E-state index is 11.8. The summed E-state index contributed by atoms with van der Waals surface area (Å²) in [7, 11) is 1.55. The Balaban J connectivity index is 2.70. The summed E-state index contributed by atoms with van der Waals surface area (Å²) in [5.74, 6) is 0.0883. The van der Waals surface area contributed by atoms with Crippen LogP contribution >= 0.6 is 0 Å². The first-order chi connectivity index (χ1) is 9.53. The van der Waals surface area contributed by atoms with E-state index in [1.165, 1.54) is 6.07 Å². The summed E-state index contributed by atoms with van der Waals surface area (Å²) in [6.45, 7) is 5.04. The molecule has 6 heteroatoms. The van der Waals surface area contributed by atoms with E-state index in [2.05, 4.69) is 5.32 Å². The lowest BCUT2D eigenvalue weighted by Gasteiger charge is -2.19. The van der Waals surface area contributed by atoms with Crippen molar-refractivity contribution >= 4 is 17.5 Å². The van der Waals surface area contributed by atoms with Crippen LogP contribution in [0.3, 0.4) is 0 Å². The minimum absolute atomic E-state index is 0.0643. The highest BCUT2D eigenvalue weighted by molar-refractivity contribution is 5.95. The molecule has 0 aliphatic heterocycles. The average Bonchev–Trinajstić information content (AvgIpc) is 2.46. The molecule has 0 spiro atoms. The van der Waals surface area contributed by atoms with Crippen LogP contribution in [0.4, 0.5) is 5.69 Å². The number of anilines is 1. The Kier molecular flexibility index (Phi) is 5.83. The van der Waals surface area contributed by atoms with E-state index in [1.807, 2.05) is 13.8 Å². The smallest absolute Gasteiger partial charge is 0.260 e. The molecule has 3 N–H and O–H groups in total. The number of rotatable bonds is 6. The van der Waals surface area contributed by atoms with Gasteiger partial charge in [-0.15, -0.1) is 0 Å². The first-order valence-electron chi connectivity index (χ1n) is 6.55. The highest BCUT2D eigenvalue weighted by atomic mass is 16.5. The highest BCUT2D eigenvalue weighted by Crippen LogP contribution is 2.22. The number of benzene rings is 1. The lowest BCUT2D eigenvalue weighted by molar-refractivity contribution is -0.132. The van der Waals surface area contributed by atoms with Gasteiger partial charge < -0.3 is 20.7 Å². The molecular formula is C14H21N3O3. The van der Waals surface area contributed by atoms with Crippen molar-refractivity contribution < 1.29 is 14.3 Å². The molecule has 0 aliphatic rings. The van der Waals surface area contributed by atoms with E-state index in [1.54, 1.807) is 24.1 Å². The minimum atomic E-state index is -0.220. The van der Waals surface area contributed by atoms with Gasteiger partial charge in [-0.1, -0.05) is 0 Å². The van der Waals surface area contributed by atoms with Crippen molar-refractivity contribution in [2.45, 2.75) is 13.8 Å². The summed E-state index contributed by atoms with van der Waals surface area (Å²) in [5.41, 5.74) is 6.59. The molecule has 2 amide bonds. The zero-order valence-corrected chi connectivity index (χ0v) is 12.1. The molecule has 0 radical (unpaired) electrons. The van der Waals surface area contributed by atoms with Gasteiger partial charge in [-0.2, -0.15) is 0 Å². The Bertz CT molecular complexity index is 485. The number of amides is 2. The average molecular weight is 279 g/mol. The molecule has 0 saturated carbocycles. The van der Waals surface area contributed by atoms with Crippen molar-refractivity contribution in [2.75, 3.05) is 32.5 Å². The predicted molar refractivity (Wildman–Crippen MR) is 77.7 cm³/mol. The largest absolute Gasteiger partial charge is 0.482 e. The zero-order valence-electron chi connectivity index (χ0n) is 12.1. The first-order valence-corrected chi connectivity index (χ1v) is 6.55. The van der Waals surface area contributed by atoms with Crippen LogP contribution in [-0.4, -0.2) is 43.5 Å². The van der Waals surface area contributed by atoms with Gasteiger partial charge in [0.15, 0.2) is 6.61 Å². The quantitative estimate of drug-likeness (QED) is 0.757. The van der Waals surface area contributed by atoms with E-state index < -0.39 is 0 Å². The van der Waals surface area contributed by atoms with Gasteiger partial charge in [0.25, 0.3) is 11.8 Å². The van der Waals surface area contributed by atoms with Crippen LogP contribution in [-0.2, 0) is 4.79 Å². The molecule has 0 aliphatic carbocycles. The van der Waals surface area contributed by atoms with E-state index >= 15 is 0 Å². The van der Waals surface area contributed by atoms with Gasteiger partial charge in [-0.25, -0.2) is 0 Å². The second-order valence-electron chi connectivity index (χ2n) is 4.19. The van der Waals surface area contributed by atoms with Crippen LogP contribution in [0.25, 0.3) is 0 Å². The fourth-order valence-corrected chi connectivity index (χ4v) is 1.77. The highest BCUT2D eigenvalue weighted by Gasteiger charge is 2.12. The molecule has 0 saturated heterocycles. The summed E-state index contributed by atoms with van der Waals surface area (Å²) in [6, 6.07) is 4.72. The van der Waals surface area contributed by atoms with Crippen molar-refractivity contribution in [3.8, 4) is 5.75 Å². The lowest BCUT2D eigenvalue weighted by Crippen LogP contribution is -2.34. The molecule has 1 aromatic carbocycles. The van der Waals surface area contributed by atoms with E-state index in [4.69, 9.17) is 10.5 Å². The molecule has 1 rings (SSSR count). The molecule has 1 aromatic rings. The molecular weight excluding hydrogens is 258 g/mol. The van der Waals surface area contributed by atoms with Crippen LogP contribution in [0.2, 0.25) is 0 Å². The number of nitrogens with two attached hydrogens (primary N) is 1. The SMILES string of the molecule is CCN(CC)C(=O)COc1ccc(C(=O)NC)cc1N. The van der Waals surface area contributed by atoms with Gasteiger partial charge >= 0.3 is 0 Å². The van der Waals surface area contributed by atoms with Crippen LogP contribution in [0.5, 0.6) is 5.75 Å². The molecule has 20 heavy (non-hydrogen) atoms. The summed E-state index contributed by atoms with van der Waals surface area (Å²) < 4.78 is 5.40. The maximum Gasteiger partial charge on any atom is 0.260 e. The summed E-state index contributed by atoms with van der Waals surface area (Å²) in [5, 5.41) is 2.51. The van der Waals surface area contributed by atoms with Crippen LogP contribution in [0.1, 0.15) is 24.2 Å². The third kappa shape index (κ3) is 3.88. The fraction of sp³-hybridized carbons (Fsp3) is 0.429. The van der Waals surface area contributed by atoms with E-state index in [9.17, 15) is 9.59 Å². The number of likely N-dealkylation sites (N-methyl/N-ethyl adjacent to an activating group) is 1. The Labute approximate surface area is 118 Å². The molecule has 0 fully saturated rings. The molecule has 0 heterocycles. The second-order valence-corrected chi connectivity index (χ2v) is 4.19. The number of hydrogen-bond acceptors (Lipinski definition) is 4. The number of hydrogen-bond donors (Lipinski definition) is 2. The molecule has 0 bridgehead atoms. The summed E-state index contributed by atoms with van der Waals surface area (Å²) >= 11 is 0. The third-order valence-corrected chi connectivity index (χ3v) is 2.97. The molecule has 0 atom stereocenters. The number of nitrogens with zero attached hydrogens (tertiary/aromatic N) is 1. The second kappa shape index (κ2) is 7.37. The Morgan fingerprint density at radius 1 is 1.30 bits per heavy atom. The molecule has 6 nitrogen and oxygen atoms in total. The predicted octanol–water partition coefficient (Wildman–Crippen LogP) is 0.876. The molecule has 110 valence electrons. The Hall–Kier alpha value is -2.24. The van der Waals surface area contributed by atoms with Gasteiger partial charge in [0.1, 0.15) is 5.75 Å². The van der Waals surface area contributed by atoms with Gasteiger partial charge in [0, 0.05) is 25.7 Å². The number of nitrogen functional groups attached to an aromatic ring is 1. The van der Waals surface area contributed by atoms with Crippen molar-refractivity contribution in [1.29, 1.82) is 0 Å². The van der Waals surface area contributed by atoms with Crippen molar-refractivity contribution in [3.05, 3.63) is 23.8 Å². The Morgan fingerprint density at radius 3 is 2.45 bits per heavy atom. The van der Waals surface area contributed by atoms with E-state index in [0.29, 0.717) is 30.1 Å². The lowest BCUT2D eigenvalue weighted by atomic mass is 10.2. The molecule has 0 aromatic heterocycles. The number of nitrogens with one attached hydrogen (secondary N) is 1. The molecule has 0 unspecified atom stereocenters. The standard InChI is InChI=1S/C14H21N3O3/c1-4-17(5-2)13(18)9-20-12-7-6-10(8-11(12)15)14(19)16-3/h6-8H,4-5,9,15H2,1-3H3,(H,16,19). The van der Waals surface area contributed by atoms with Gasteiger partial charge in [-0.3, -0.25) is 9.59 Å². The summed E-state index contributed by atoms with van der Waals surface area (Å²) in [6.07, 6.45) is 0. The number of ether oxygens (including phenoxy) is 1. The van der Waals surface area contributed by atoms with Crippen LogP contribution < -0.4 is 15.8 Å².